The van der Waals surface area contributed by atoms with Crippen molar-refractivity contribution < 1.29 is 38.1 Å². The number of hydrogen-bond acceptors (Lipinski definition) is 8. The molecule has 3 amide bonds. The van der Waals surface area contributed by atoms with Crippen LogP contribution in [0.3, 0.4) is 0 Å². The molecule has 2 aromatic rings. The summed E-state index contributed by atoms with van der Waals surface area (Å²) in [7, 11) is 3.13. The number of ether oxygens (including phenoxy) is 4. The van der Waals surface area contributed by atoms with Crippen LogP contribution in [0.2, 0.25) is 0 Å². The van der Waals surface area contributed by atoms with Crippen LogP contribution in [-0.4, -0.2) is 104 Å². The SMILES string of the molecule is CCOC(=O)C1CCN(C(=O)[C@@H]2COC3(CCN(C(=O)c4ccc(OC)cc4)CC3)N2C(=O)c2ccc(OC)cc2)CC1. The van der Waals surface area contributed by atoms with Gasteiger partial charge in [-0.2, -0.15) is 0 Å². The van der Waals surface area contributed by atoms with Crippen molar-refractivity contribution in [1.82, 2.24) is 14.7 Å². The second-order valence-corrected chi connectivity index (χ2v) is 11.0. The van der Waals surface area contributed by atoms with Crippen LogP contribution in [-0.2, 0) is 19.1 Å². The van der Waals surface area contributed by atoms with Gasteiger partial charge in [0.15, 0.2) is 0 Å². The van der Waals surface area contributed by atoms with E-state index in [0.717, 1.165) is 0 Å². The summed E-state index contributed by atoms with van der Waals surface area (Å²) in [4.78, 5) is 58.6. The highest BCUT2D eigenvalue weighted by Gasteiger charge is 2.55. The third kappa shape index (κ3) is 6.17. The lowest BCUT2D eigenvalue weighted by atomic mass is 9.94. The van der Waals surface area contributed by atoms with E-state index < -0.39 is 11.8 Å². The van der Waals surface area contributed by atoms with E-state index in [1.807, 2.05) is 0 Å². The van der Waals surface area contributed by atoms with Crippen LogP contribution in [0.15, 0.2) is 48.5 Å². The van der Waals surface area contributed by atoms with E-state index in [1.165, 1.54) is 0 Å². The fourth-order valence-corrected chi connectivity index (χ4v) is 6.21. The summed E-state index contributed by atoms with van der Waals surface area (Å²) in [5.41, 5.74) is -0.0622. The standard InChI is InChI=1S/C32H39N3O8/c1-4-42-31(39)24-13-17-33(18-14-24)30(38)27-21-43-32(35(27)29(37)23-7-11-26(41-3)12-8-23)15-19-34(20-16-32)28(36)22-5-9-25(40-2)10-6-22/h5-12,24,27H,4,13-21H2,1-3H3/t27-/m0/s1. The van der Waals surface area contributed by atoms with Gasteiger partial charge in [-0.25, -0.2) is 0 Å². The number of amides is 3. The number of esters is 1. The first kappa shape index (κ1) is 30.3. The van der Waals surface area contributed by atoms with E-state index in [1.54, 1.807) is 84.4 Å². The molecule has 3 fully saturated rings. The number of nitrogens with zero attached hydrogens (tertiary/aromatic N) is 3. The Hall–Kier alpha value is -4.12. The zero-order valence-electron chi connectivity index (χ0n) is 25.0. The Kier molecular flexibility index (Phi) is 9.19. The van der Waals surface area contributed by atoms with Crippen LogP contribution in [0.4, 0.5) is 0 Å². The average Bonchev–Trinajstić information content (AvgIpc) is 3.42. The first-order valence-corrected chi connectivity index (χ1v) is 14.8. The molecule has 0 aliphatic carbocycles. The molecule has 0 unspecified atom stereocenters. The van der Waals surface area contributed by atoms with Gasteiger partial charge in [-0.3, -0.25) is 24.1 Å². The minimum Gasteiger partial charge on any atom is -0.497 e. The monoisotopic (exact) mass is 593 g/mol. The van der Waals surface area contributed by atoms with E-state index in [2.05, 4.69) is 0 Å². The molecule has 3 aliphatic rings. The zero-order valence-corrected chi connectivity index (χ0v) is 25.0. The Balaban J connectivity index is 1.34. The number of methoxy groups -OCH3 is 2. The number of carbonyl (C=O) groups excluding carboxylic acids is 4. The number of likely N-dealkylation sites (tertiary alicyclic amines) is 2. The van der Waals surface area contributed by atoms with Crippen molar-refractivity contribution in [2.45, 2.75) is 44.4 Å². The molecular weight excluding hydrogens is 554 g/mol. The molecule has 3 saturated heterocycles. The topological polar surface area (TPSA) is 115 Å². The first-order valence-electron chi connectivity index (χ1n) is 14.8. The third-order valence-electron chi connectivity index (χ3n) is 8.70. The van der Waals surface area contributed by atoms with Gasteiger partial charge in [0, 0.05) is 50.1 Å². The Morgan fingerprint density at radius 1 is 0.791 bits per heavy atom. The average molecular weight is 594 g/mol. The lowest BCUT2D eigenvalue weighted by Crippen LogP contribution is -2.60. The Morgan fingerprint density at radius 2 is 1.33 bits per heavy atom. The van der Waals surface area contributed by atoms with Crippen molar-refractivity contribution in [2.75, 3.05) is 53.6 Å². The van der Waals surface area contributed by atoms with Gasteiger partial charge in [-0.15, -0.1) is 0 Å². The molecule has 230 valence electrons. The quantitative estimate of drug-likeness (QED) is 0.450. The van der Waals surface area contributed by atoms with Crippen LogP contribution in [0.5, 0.6) is 11.5 Å². The summed E-state index contributed by atoms with van der Waals surface area (Å²) in [5, 5.41) is 0. The summed E-state index contributed by atoms with van der Waals surface area (Å²) in [6, 6.07) is 12.9. The van der Waals surface area contributed by atoms with Crippen molar-refractivity contribution in [3.8, 4) is 11.5 Å². The van der Waals surface area contributed by atoms with Crippen LogP contribution in [0, 0.1) is 5.92 Å². The summed E-state index contributed by atoms with van der Waals surface area (Å²) < 4.78 is 22.0. The zero-order chi connectivity index (χ0) is 30.6. The van der Waals surface area contributed by atoms with Crippen LogP contribution in [0.25, 0.3) is 0 Å². The van der Waals surface area contributed by atoms with E-state index in [9.17, 15) is 19.2 Å². The van der Waals surface area contributed by atoms with Crippen molar-refractivity contribution in [3.63, 3.8) is 0 Å². The highest BCUT2D eigenvalue weighted by atomic mass is 16.5. The Morgan fingerprint density at radius 3 is 1.84 bits per heavy atom. The summed E-state index contributed by atoms with van der Waals surface area (Å²) >= 11 is 0. The van der Waals surface area contributed by atoms with Gasteiger partial charge < -0.3 is 28.7 Å². The predicted molar refractivity (Wildman–Crippen MR) is 156 cm³/mol. The molecule has 3 aliphatic heterocycles. The van der Waals surface area contributed by atoms with E-state index in [0.29, 0.717) is 81.1 Å². The third-order valence-corrected chi connectivity index (χ3v) is 8.70. The fourth-order valence-electron chi connectivity index (χ4n) is 6.21. The Labute approximate surface area is 251 Å². The highest BCUT2D eigenvalue weighted by molar-refractivity contribution is 5.99. The van der Waals surface area contributed by atoms with Crippen molar-refractivity contribution >= 4 is 23.7 Å². The molecule has 0 saturated carbocycles. The molecule has 43 heavy (non-hydrogen) atoms. The molecular formula is C32H39N3O8. The minimum absolute atomic E-state index is 0.0605. The van der Waals surface area contributed by atoms with Crippen LogP contribution < -0.4 is 9.47 Å². The lowest BCUT2D eigenvalue weighted by Gasteiger charge is -2.45. The molecule has 0 radical (unpaired) electrons. The first-order chi connectivity index (χ1) is 20.8. The number of hydrogen-bond donors (Lipinski definition) is 0. The van der Waals surface area contributed by atoms with E-state index >= 15 is 0 Å². The molecule has 0 aromatic heterocycles. The number of rotatable bonds is 7. The van der Waals surface area contributed by atoms with Gasteiger partial charge in [-0.1, -0.05) is 0 Å². The Bertz CT molecular complexity index is 1310. The maximum atomic E-state index is 14.1. The number of carbonyl (C=O) groups is 4. The summed E-state index contributed by atoms with van der Waals surface area (Å²) in [5.74, 6) is 0.200. The molecule has 1 atom stereocenters. The van der Waals surface area contributed by atoms with Gasteiger partial charge in [0.25, 0.3) is 11.8 Å². The smallest absolute Gasteiger partial charge is 0.309 e. The molecule has 11 nitrogen and oxygen atoms in total. The molecule has 5 rings (SSSR count). The molecule has 3 heterocycles. The minimum atomic E-state index is -1.03. The largest absolute Gasteiger partial charge is 0.497 e. The normalized spacial score (nSPS) is 20.2. The summed E-state index contributed by atoms with van der Waals surface area (Å²) in [6.45, 7) is 3.70. The van der Waals surface area contributed by atoms with Gasteiger partial charge in [-0.05, 0) is 68.3 Å². The van der Waals surface area contributed by atoms with Gasteiger partial charge in [0.1, 0.15) is 23.3 Å². The highest BCUT2D eigenvalue weighted by Crippen LogP contribution is 2.40. The molecule has 1 spiro atoms. The number of benzene rings is 2. The van der Waals surface area contributed by atoms with E-state index in [-0.39, 0.29) is 36.2 Å². The van der Waals surface area contributed by atoms with Crippen molar-refractivity contribution in [1.29, 1.82) is 0 Å². The van der Waals surface area contributed by atoms with E-state index in [4.69, 9.17) is 18.9 Å². The predicted octanol–water partition coefficient (Wildman–Crippen LogP) is 2.98. The fraction of sp³-hybridized carbons (Fsp3) is 0.500. The molecule has 0 bridgehead atoms. The van der Waals surface area contributed by atoms with Crippen molar-refractivity contribution in [3.05, 3.63) is 59.7 Å². The maximum absolute atomic E-state index is 14.1. The summed E-state index contributed by atoms with van der Waals surface area (Å²) in [6.07, 6.45) is 1.76. The maximum Gasteiger partial charge on any atom is 0.309 e. The molecule has 2 aromatic carbocycles. The molecule has 0 N–H and O–H groups in total. The van der Waals surface area contributed by atoms with Crippen LogP contribution in [0.1, 0.15) is 53.3 Å². The number of piperidine rings is 2. The van der Waals surface area contributed by atoms with Crippen molar-refractivity contribution in [2.24, 2.45) is 5.92 Å². The van der Waals surface area contributed by atoms with Gasteiger partial charge >= 0.3 is 5.97 Å². The van der Waals surface area contributed by atoms with Gasteiger partial charge in [0.05, 0.1) is 33.4 Å². The second kappa shape index (κ2) is 13.0. The molecule has 11 heteroatoms. The van der Waals surface area contributed by atoms with Gasteiger partial charge in [0.2, 0.25) is 5.91 Å². The lowest BCUT2D eigenvalue weighted by molar-refractivity contribution is -0.152. The van der Waals surface area contributed by atoms with Crippen LogP contribution >= 0.6 is 0 Å². The second-order valence-electron chi connectivity index (χ2n) is 11.0.